The molecule has 1 saturated heterocycles. The number of hydrogen-bond donors (Lipinski definition) is 2. The number of aliphatic hydroxyl groups excluding tert-OH is 1. The lowest BCUT2D eigenvalue weighted by atomic mass is 10.2. The number of carbonyl (C=O) groups is 1. The highest BCUT2D eigenvalue weighted by Gasteiger charge is 2.25. The maximum Gasteiger partial charge on any atom is 0.321 e. The number of ether oxygens (including phenoxy) is 1. The van der Waals surface area contributed by atoms with E-state index in [0.717, 1.165) is 5.56 Å². The third-order valence-electron chi connectivity index (χ3n) is 3.10. The molecule has 0 bridgehead atoms. The molecule has 2 rings (SSSR count). The first-order chi connectivity index (χ1) is 9.11. The second-order valence-electron chi connectivity index (χ2n) is 4.52. The van der Waals surface area contributed by atoms with Crippen LogP contribution in [0.1, 0.15) is 12.0 Å². The Hall–Kier alpha value is -1.30. The lowest BCUT2D eigenvalue weighted by molar-refractivity contribution is 0.176. The van der Waals surface area contributed by atoms with Crippen LogP contribution in [0, 0.1) is 0 Å². The van der Waals surface area contributed by atoms with Gasteiger partial charge in [0.1, 0.15) is 0 Å². The normalized spacial score (nSPS) is 18.7. The number of carbonyl (C=O) groups excluding carboxylic acids is 1. The van der Waals surface area contributed by atoms with Crippen molar-refractivity contribution < 1.29 is 14.6 Å². The molecule has 19 heavy (non-hydrogen) atoms. The zero-order valence-electron chi connectivity index (χ0n) is 10.7. The van der Waals surface area contributed by atoms with Crippen molar-refractivity contribution in [2.24, 2.45) is 0 Å². The van der Waals surface area contributed by atoms with Crippen molar-refractivity contribution in [1.82, 2.24) is 4.90 Å². The number of halogens is 1. The molecule has 1 aliphatic rings. The van der Waals surface area contributed by atoms with Gasteiger partial charge in [0.05, 0.1) is 12.7 Å². The molecule has 1 aromatic carbocycles. The summed E-state index contributed by atoms with van der Waals surface area (Å²) >= 11 is 6.09. The van der Waals surface area contributed by atoms with Gasteiger partial charge in [0, 0.05) is 36.5 Å². The Labute approximate surface area is 117 Å². The van der Waals surface area contributed by atoms with Crippen LogP contribution in [0.5, 0.6) is 0 Å². The number of likely N-dealkylation sites (tertiary alicyclic amines) is 1. The van der Waals surface area contributed by atoms with Crippen molar-refractivity contribution in [1.29, 1.82) is 0 Å². The van der Waals surface area contributed by atoms with Gasteiger partial charge < -0.3 is 20.1 Å². The molecule has 0 aliphatic carbocycles. The topological polar surface area (TPSA) is 61.8 Å². The van der Waals surface area contributed by atoms with Crippen LogP contribution in [-0.4, -0.2) is 42.3 Å². The number of methoxy groups -OCH3 is 1. The number of nitrogens with one attached hydrogen (secondary N) is 1. The molecular formula is C13H17ClN2O3. The fourth-order valence-electron chi connectivity index (χ4n) is 2.09. The summed E-state index contributed by atoms with van der Waals surface area (Å²) in [5.74, 6) is 0. The zero-order valence-corrected chi connectivity index (χ0v) is 11.5. The van der Waals surface area contributed by atoms with Gasteiger partial charge in [0.2, 0.25) is 0 Å². The van der Waals surface area contributed by atoms with Crippen LogP contribution >= 0.6 is 11.6 Å². The smallest absolute Gasteiger partial charge is 0.321 e. The number of rotatable bonds is 3. The molecule has 0 radical (unpaired) electrons. The van der Waals surface area contributed by atoms with Gasteiger partial charge >= 0.3 is 6.03 Å². The second-order valence-corrected chi connectivity index (χ2v) is 4.92. The number of anilines is 1. The van der Waals surface area contributed by atoms with Gasteiger partial charge in [-0.15, -0.1) is 0 Å². The highest BCUT2D eigenvalue weighted by Crippen LogP contribution is 2.25. The summed E-state index contributed by atoms with van der Waals surface area (Å²) in [5.41, 5.74) is 1.39. The predicted octanol–water partition coefficient (Wildman–Crippen LogP) is 2.08. The summed E-state index contributed by atoms with van der Waals surface area (Å²) in [6, 6.07) is 5.09. The molecule has 1 atom stereocenters. The SMILES string of the molecule is COCc1c(Cl)cccc1NC(=O)N1CC[C@@H](O)C1. The fraction of sp³-hybridized carbons (Fsp3) is 0.462. The van der Waals surface area contributed by atoms with Gasteiger partial charge in [-0.2, -0.15) is 0 Å². The summed E-state index contributed by atoms with van der Waals surface area (Å²) in [4.78, 5) is 13.6. The molecule has 0 unspecified atom stereocenters. The molecule has 104 valence electrons. The van der Waals surface area contributed by atoms with Crippen molar-refractivity contribution in [3.8, 4) is 0 Å². The number of hydrogen-bond acceptors (Lipinski definition) is 3. The molecule has 5 nitrogen and oxygen atoms in total. The molecule has 1 aromatic rings. The standard InChI is InChI=1S/C13H17ClN2O3/c1-19-8-10-11(14)3-2-4-12(10)15-13(18)16-6-5-9(17)7-16/h2-4,9,17H,5-8H2,1H3,(H,15,18)/t9-/m1/s1. The molecule has 0 saturated carbocycles. The Morgan fingerprint density at radius 1 is 1.63 bits per heavy atom. The van der Waals surface area contributed by atoms with Gasteiger partial charge in [-0.1, -0.05) is 17.7 Å². The molecule has 1 aliphatic heterocycles. The van der Waals surface area contributed by atoms with Crippen LogP contribution in [0.25, 0.3) is 0 Å². The van der Waals surface area contributed by atoms with E-state index in [9.17, 15) is 9.90 Å². The lowest BCUT2D eigenvalue weighted by Crippen LogP contribution is -2.33. The number of nitrogens with zero attached hydrogens (tertiary/aromatic N) is 1. The van der Waals surface area contributed by atoms with Crippen LogP contribution in [0.2, 0.25) is 5.02 Å². The highest BCUT2D eigenvalue weighted by atomic mass is 35.5. The Bertz CT molecular complexity index is 467. The van der Waals surface area contributed by atoms with Crippen molar-refractivity contribution in [3.05, 3.63) is 28.8 Å². The van der Waals surface area contributed by atoms with E-state index in [1.165, 1.54) is 0 Å². The minimum atomic E-state index is -0.427. The third kappa shape index (κ3) is 3.37. The predicted molar refractivity (Wildman–Crippen MR) is 73.4 cm³/mol. The number of aliphatic hydroxyl groups is 1. The number of β-amino-alcohol motifs (C(OH)–C–C–N with tert-alkyl or cyclic N) is 1. The van der Waals surface area contributed by atoms with Gasteiger partial charge in [-0.05, 0) is 18.6 Å². The van der Waals surface area contributed by atoms with Crippen LogP contribution in [-0.2, 0) is 11.3 Å². The number of benzene rings is 1. The van der Waals surface area contributed by atoms with E-state index >= 15 is 0 Å². The second kappa shape index (κ2) is 6.23. The zero-order chi connectivity index (χ0) is 13.8. The van der Waals surface area contributed by atoms with E-state index in [2.05, 4.69) is 5.32 Å². The van der Waals surface area contributed by atoms with Crippen LogP contribution in [0.4, 0.5) is 10.5 Å². The monoisotopic (exact) mass is 284 g/mol. The molecule has 1 heterocycles. The fourth-order valence-corrected chi connectivity index (χ4v) is 2.32. The van der Waals surface area contributed by atoms with Gasteiger partial charge in [0.25, 0.3) is 0 Å². The molecule has 0 spiro atoms. The van der Waals surface area contributed by atoms with E-state index < -0.39 is 6.10 Å². The van der Waals surface area contributed by atoms with E-state index in [1.807, 2.05) is 0 Å². The Morgan fingerprint density at radius 3 is 3.05 bits per heavy atom. The molecule has 0 aromatic heterocycles. The number of amides is 2. The maximum atomic E-state index is 12.0. The van der Waals surface area contributed by atoms with Gasteiger partial charge in [-0.3, -0.25) is 0 Å². The molecular weight excluding hydrogens is 268 g/mol. The van der Waals surface area contributed by atoms with E-state index in [0.29, 0.717) is 36.8 Å². The van der Waals surface area contributed by atoms with Crippen molar-refractivity contribution in [2.45, 2.75) is 19.1 Å². The van der Waals surface area contributed by atoms with E-state index in [4.69, 9.17) is 16.3 Å². The molecule has 1 fully saturated rings. The average Bonchev–Trinajstić information content (AvgIpc) is 2.80. The van der Waals surface area contributed by atoms with Crippen molar-refractivity contribution in [2.75, 3.05) is 25.5 Å². The first kappa shape index (κ1) is 14.1. The first-order valence-electron chi connectivity index (χ1n) is 6.12. The largest absolute Gasteiger partial charge is 0.391 e. The van der Waals surface area contributed by atoms with Crippen LogP contribution in [0.3, 0.4) is 0 Å². The van der Waals surface area contributed by atoms with E-state index in [-0.39, 0.29) is 6.03 Å². The summed E-state index contributed by atoms with van der Waals surface area (Å²) in [6.07, 6.45) is 0.192. The third-order valence-corrected chi connectivity index (χ3v) is 3.45. The quantitative estimate of drug-likeness (QED) is 0.893. The summed E-state index contributed by atoms with van der Waals surface area (Å²) in [5, 5.41) is 12.8. The molecule has 2 amide bonds. The van der Waals surface area contributed by atoms with Crippen molar-refractivity contribution in [3.63, 3.8) is 0 Å². The Morgan fingerprint density at radius 2 is 2.42 bits per heavy atom. The minimum absolute atomic E-state index is 0.226. The average molecular weight is 285 g/mol. The van der Waals surface area contributed by atoms with Gasteiger partial charge in [-0.25, -0.2) is 4.79 Å². The van der Waals surface area contributed by atoms with Crippen LogP contribution in [0.15, 0.2) is 18.2 Å². The van der Waals surface area contributed by atoms with E-state index in [1.54, 1.807) is 30.2 Å². The lowest BCUT2D eigenvalue weighted by Gasteiger charge is -2.18. The molecule has 6 heteroatoms. The van der Waals surface area contributed by atoms with Gasteiger partial charge in [0.15, 0.2) is 0 Å². The maximum absolute atomic E-state index is 12.0. The highest BCUT2D eigenvalue weighted by molar-refractivity contribution is 6.31. The summed E-state index contributed by atoms with van der Waals surface area (Å²) < 4.78 is 5.08. The molecule has 2 N–H and O–H groups in total. The summed E-state index contributed by atoms with van der Waals surface area (Å²) in [7, 11) is 1.58. The minimum Gasteiger partial charge on any atom is -0.391 e. The summed E-state index contributed by atoms with van der Waals surface area (Å²) in [6.45, 7) is 1.26. The Balaban J connectivity index is 2.10. The van der Waals surface area contributed by atoms with Crippen molar-refractivity contribution >= 4 is 23.3 Å². The first-order valence-corrected chi connectivity index (χ1v) is 6.50. The number of urea groups is 1. The Kier molecular flexibility index (Phi) is 4.63. The van der Waals surface area contributed by atoms with Crippen LogP contribution < -0.4 is 5.32 Å².